The number of carbonyl (C=O) groups excluding carboxylic acids is 12. The number of nitrogens with one attached hydrogen (secondary N) is 9. The lowest BCUT2D eigenvalue weighted by Gasteiger charge is -2.26. The Bertz CT molecular complexity index is 4190. The Balaban J connectivity index is 0.854. The number of ether oxygens (including phenoxy) is 3. The Morgan fingerprint density at radius 1 is 0.404 bits per heavy atom. The van der Waals surface area contributed by atoms with E-state index in [2.05, 4.69) is 47.9 Å². The summed E-state index contributed by atoms with van der Waals surface area (Å²) in [5.41, 5.74) is 3.79. The Morgan fingerprint density at radius 3 is 1.24 bits per heavy atom. The number of methoxy groups -OCH3 is 3. The number of rotatable bonds is 37. The van der Waals surface area contributed by atoms with Crippen molar-refractivity contribution in [1.82, 2.24) is 47.9 Å². The molecular weight excluding hydrogens is 1330 g/mol. The molecule has 6 aromatic carbocycles. The first kappa shape index (κ1) is 75.6. The predicted octanol–water partition coefficient (Wildman–Crippen LogP) is 6.02. The summed E-state index contributed by atoms with van der Waals surface area (Å²) in [5.74, 6) is -9.44. The van der Waals surface area contributed by atoms with Crippen molar-refractivity contribution in [3.63, 3.8) is 0 Å². The van der Waals surface area contributed by atoms with Gasteiger partial charge in [-0.2, -0.15) is 0 Å². The summed E-state index contributed by atoms with van der Waals surface area (Å²) in [4.78, 5) is 170. The van der Waals surface area contributed by atoms with Crippen LogP contribution in [-0.2, 0) is 62.4 Å². The molecular formula is C80H91N9O15. The standard InChI is InChI=1S/C80H91N9O15/c1-44(2)34-66(87-72(93)50-22-15-25-54(37-50)102-5)75(96)85-64(70(91)78(99)81-53-32-33-53)40-48-20-11-13-28-57(48)59-43-62(59)83-80(101)71(92)65(86-77(98)68(45(3)4)89-74(95)52-24-17-27-56(39-52)104-7)41-49-21-12-14-29-58(49)60-42-61(60)82-79(100)69(90)63(35-46-18-9-8-10-19-46)84-76(97)67(36-47-30-31-47)88-73(94)51-23-16-26-55(38-51)103-6/h8-29,37-39,44-45,47,53,59-68H,30-36,40-43H2,1-7H3,(H,81,99)(H,82,100)(H,83,101)(H,84,97)(H,85,96)(H,86,98)(H,87,93)(H,88,94)(H,89,95)/t59?,60?,61?,62?,63-,64-,65-,66-,67-,68-/m0/s1. The third-order valence-corrected chi connectivity index (χ3v) is 19.2. The second kappa shape index (κ2) is 34.8. The highest BCUT2D eigenvalue weighted by Gasteiger charge is 2.46. The molecule has 0 aromatic heterocycles. The molecule has 0 heterocycles. The number of ketones is 3. The average molecular weight is 1420 g/mol. The lowest BCUT2D eigenvalue weighted by molar-refractivity contribution is -0.140. The fraction of sp³-hybridized carbons (Fsp3) is 0.400. The molecule has 0 spiro atoms. The average Bonchev–Trinajstić information content (AvgIpc) is 1.63. The smallest absolute Gasteiger partial charge is 0.289 e. The van der Waals surface area contributed by atoms with Crippen molar-refractivity contribution >= 4 is 70.5 Å². The van der Waals surface area contributed by atoms with Gasteiger partial charge < -0.3 is 62.1 Å². The number of carbonyl (C=O) groups is 12. The van der Waals surface area contributed by atoms with Crippen molar-refractivity contribution in [3.05, 3.63) is 196 Å². The summed E-state index contributed by atoms with van der Waals surface area (Å²) >= 11 is 0. The Labute approximate surface area is 604 Å². The van der Waals surface area contributed by atoms with Crippen molar-refractivity contribution in [1.29, 1.82) is 0 Å². The molecule has 0 radical (unpaired) electrons. The second-order valence-corrected chi connectivity index (χ2v) is 28.1. The van der Waals surface area contributed by atoms with Crippen LogP contribution in [0.2, 0.25) is 0 Å². The molecule has 24 heteroatoms. The van der Waals surface area contributed by atoms with Crippen LogP contribution in [0.25, 0.3) is 0 Å². The van der Waals surface area contributed by atoms with Crippen LogP contribution in [0, 0.1) is 17.8 Å². The summed E-state index contributed by atoms with van der Waals surface area (Å²) in [6.45, 7) is 7.18. The molecule has 9 amide bonds. The Kier molecular flexibility index (Phi) is 25.3. The van der Waals surface area contributed by atoms with Crippen LogP contribution in [0.4, 0.5) is 0 Å². The largest absolute Gasteiger partial charge is 0.497 e. The van der Waals surface area contributed by atoms with Crippen LogP contribution in [0.5, 0.6) is 17.2 Å². The molecule has 4 aliphatic rings. The van der Waals surface area contributed by atoms with Crippen LogP contribution in [0.15, 0.2) is 152 Å². The van der Waals surface area contributed by atoms with Gasteiger partial charge in [-0.1, -0.05) is 138 Å². The SMILES string of the molecule is COc1cccc(C(=O)N[C@@H](CC(C)C)C(=O)N[C@@H](Cc2ccccc2C2CC2NC(=O)C(=O)[C@H](Cc2ccccc2C2CC2NC(=O)C(=O)[C@H](Cc2ccccc2)NC(=O)[C@H](CC2CC2)NC(=O)c2cccc(OC)c2)NC(=O)[C@@H](NC(=O)c2cccc(OC)c2)C(C)C)C(=O)C(=O)NC2CC2)c1. The highest BCUT2D eigenvalue weighted by molar-refractivity contribution is 6.39. The van der Waals surface area contributed by atoms with Crippen molar-refractivity contribution in [2.24, 2.45) is 17.8 Å². The molecule has 24 nitrogen and oxygen atoms in total. The summed E-state index contributed by atoms with van der Waals surface area (Å²) in [5, 5.41) is 25.3. The normalized spacial score (nSPS) is 18.0. The molecule has 4 fully saturated rings. The summed E-state index contributed by atoms with van der Waals surface area (Å²) in [6, 6.07) is 33.2. The minimum atomic E-state index is -1.54. The minimum absolute atomic E-state index is 0.0383. The molecule has 4 aliphatic carbocycles. The van der Waals surface area contributed by atoms with Gasteiger partial charge in [0.1, 0.15) is 53.5 Å². The zero-order valence-corrected chi connectivity index (χ0v) is 59.4. The van der Waals surface area contributed by atoms with E-state index in [-0.39, 0.29) is 60.3 Å². The monoisotopic (exact) mass is 1420 g/mol. The molecule has 0 bridgehead atoms. The third kappa shape index (κ3) is 20.6. The van der Waals surface area contributed by atoms with E-state index in [1.54, 1.807) is 153 Å². The van der Waals surface area contributed by atoms with Crippen LogP contribution < -0.4 is 62.1 Å². The maximum Gasteiger partial charge on any atom is 0.289 e. The first-order valence-corrected chi connectivity index (χ1v) is 35.5. The molecule has 104 heavy (non-hydrogen) atoms. The van der Waals surface area contributed by atoms with E-state index >= 15 is 0 Å². The summed E-state index contributed by atoms with van der Waals surface area (Å²) < 4.78 is 15.9. The Hall–Kier alpha value is -11.0. The predicted molar refractivity (Wildman–Crippen MR) is 385 cm³/mol. The summed E-state index contributed by atoms with van der Waals surface area (Å²) in [6.07, 6.45) is 3.89. The van der Waals surface area contributed by atoms with E-state index in [1.807, 2.05) is 13.8 Å². The van der Waals surface area contributed by atoms with Gasteiger partial charge in [0.25, 0.3) is 35.4 Å². The number of hydrogen-bond donors (Lipinski definition) is 9. The molecule has 0 saturated heterocycles. The molecule has 6 aromatic rings. The molecule has 9 N–H and O–H groups in total. The molecule has 0 aliphatic heterocycles. The highest BCUT2D eigenvalue weighted by atomic mass is 16.5. The van der Waals surface area contributed by atoms with Crippen molar-refractivity contribution in [3.8, 4) is 17.2 Å². The fourth-order valence-electron chi connectivity index (χ4n) is 12.9. The van der Waals surface area contributed by atoms with E-state index in [4.69, 9.17) is 14.2 Å². The molecule has 10 atom stereocenters. The van der Waals surface area contributed by atoms with Gasteiger partial charge in [0.15, 0.2) is 0 Å². The van der Waals surface area contributed by atoms with Gasteiger partial charge in [-0.05, 0) is 139 Å². The lowest BCUT2D eigenvalue weighted by Crippen LogP contribution is -2.56. The molecule has 546 valence electrons. The van der Waals surface area contributed by atoms with E-state index in [0.29, 0.717) is 77.2 Å². The van der Waals surface area contributed by atoms with Gasteiger partial charge in [0, 0.05) is 65.9 Å². The maximum absolute atomic E-state index is 15.0. The maximum atomic E-state index is 15.0. The van der Waals surface area contributed by atoms with Gasteiger partial charge in [-0.25, -0.2) is 0 Å². The zero-order valence-electron chi connectivity index (χ0n) is 59.4. The van der Waals surface area contributed by atoms with Crippen molar-refractivity contribution in [2.45, 2.75) is 165 Å². The van der Waals surface area contributed by atoms with Crippen molar-refractivity contribution < 1.29 is 71.7 Å². The highest BCUT2D eigenvalue weighted by Crippen LogP contribution is 2.44. The van der Waals surface area contributed by atoms with E-state index in [0.717, 1.165) is 12.8 Å². The van der Waals surface area contributed by atoms with Gasteiger partial charge in [-0.3, -0.25) is 57.5 Å². The van der Waals surface area contributed by atoms with Crippen LogP contribution in [0.1, 0.15) is 150 Å². The van der Waals surface area contributed by atoms with E-state index in [1.165, 1.54) is 33.5 Å². The number of Topliss-reactive ketones (excluding diaryl/α,β-unsaturated/α-hetero) is 3. The van der Waals surface area contributed by atoms with Gasteiger partial charge in [-0.15, -0.1) is 0 Å². The molecule has 10 rings (SSSR count). The lowest BCUT2D eigenvalue weighted by atomic mass is 9.93. The molecule has 4 saturated carbocycles. The molecule has 4 unspecified atom stereocenters. The number of benzene rings is 6. The number of hydrogen-bond acceptors (Lipinski definition) is 15. The van der Waals surface area contributed by atoms with Gasteiger partial charge >= 0.3 is 0 Å². The second-order valence-electron chi connectivity index (χ2n) is 28.1. The fourth-order valence-corrected chi connectivity index (χ4v) is 12.9. The third-order valence-electron chi connectivity index (χ3n) is 19.2. The topological polar surface area (TPSA) is 341 Å². The van der Waals surface area contributed by atoms with Crippen molar-refractivity contribution in [2.75, 3.05) is 21.3 Å². The first-order chi connectivity index (χ1) is 50.0. The zero-order chi connectivity index (χ0) is 74.3. The summed E-state index contributed by atoms with van der Waals surface area (Å²) in [7, 11) is 4.39. The van der Waals surface area contributed by atoms with Crippen LogP contribution >= 0.6 is 0 Å². The van der Waals surface area contributed by atoms with Crippen LogP contribution in [0.3, 0.4) is 0 Å². The Morgan fingerprint density at radius 2 is 0.808 bits per heavy atom. The minimum Gasteiger partial charge on any atom is -0.497 e. The van der Waals surface area contributed by atoms with Crippen LogP contribution in [-0.4, -0.2) is 146 Å². The van der Waals surface area contributed by atoms with E-state index in [9.17, 15) is 57.5 Å². The van der Waals surface area contributed by atoms with Gasteiger partial charge in [0.2, 0.25) is 35.1 Å². The van der Waals surface area contributed by atoms with E-state index < -0.39 is 137 Å². The van der Waals surface area contributed by atoms with Gasteiger partial charge in [0.05, 0.1) is 21.3 Å². The number of amides is 9. The quantitative estimate of drug-likeness (QED) is 0.0201. The first-order valence-electron chi connectivity index (χ1n) is 35.5.